The van der Waals surface area contributed by atoms with Gasteiger partial charge in [0.15, 0.2) is 0 Å². The van der Waals surface area contributed by atoms with E-state index in [9.17, 15) is 0 Å². The molecule has 0 aliphatic heterocycles. The van der Waals surface area contributed by atoms with Crippen LogP contribution in [0.25, 0.3) is 77.4 Å². The molecular weight excluding hydrogens is 1260 g/mol. The summed E-state index contributed by atoms with van der Waals surface area (Å²) in [6.45, 7) is 18.1. The Hall–Kier alpha value is -8.18. The SMILES string of the molecule is CC(C)c1cccc(C(C)C)c1-c1cnc2c3[c-]cccc3c3ncccc3n12.CC(C)c1cccc(C(C)C)c1-c1cnc2c3ccccc3c3ncccc3n12.[C-]#CC#CC#CC#CC#CC#CC#C.[Ir].[Ir]. The van der Waals surface area contributed by atoms with Gasteiger partial charge in [0.25, 0.3) is 0 Å². The second kappa shape index (κ2) is 25.5. The van der Waals surface area contributed by atoms with Crippen LogP contribution in [0.15, 0.2) is 128 Å². The molecule has 0 bridgehead atoms. The first-order valence-corrected chi connectivity index (χ1v) is 23.9. The third-order valence-electron chi connectivity index (χ3n) is 12.3. The van der Waals surface area contributed by atoms with Crippen molar-refractivity contribution in [3.63, 3.8) is 0 Å². The van der Waals surface area contributed by atoms with Gasteiger partial charge < -0.3 is 10.8 Å². The summed E-state index contributed by atoms with van der Waals surface area (Å²) in [6.07, 6.45) is 19.1. The number of nitrogens with zero attached hydrogens (tertiary/aromatic N) is 6. The van der Waals surface area contributed by atoms with Crippen molar-refractivity contribution >= 4 is 54.9 Å². The second-order valence-electron chi connectivity index (χ2n) is 18.1. The molecular formula is C66H50Ir2N6-2. The number of hydrogen-bond donors (Lipinski definition) is 0. The van der Waals surface area contributed by atoms with Crippen LogP contribution < -0.4 is 0 Å². The monoisotopic (exact) mass is 1310 g/mol. The summed E-state index contributed by atoms with van der Waals surface area (Å²) in [5.74, 6) is 29.4. The molecule has 0 amide bonds. The van der Waals surface area contributed by atoms with Gasteiger partial charge >= 0.3 is 0 Å². The first kappa shape index (κ1) is 55.1. The Morgan fingerprint density at radius 1 is 0.459 bits per heavy atom. The molecule has 6 heterocycles. The summed E-state index contributed by atoms with van der Waals surface area (Å²) in [6, 6.07) is 39.6. The molecule has 2 radical (unpaired) electrons. The van der Waals surface area contributed by atoms with Crippen LogP contribution in [0.4, 0.5) is 0 Å². The van der Waals surface area contributed by atoms with E-state index in [1.807, 2.05) is 55.0 Å². The molecule has 364 valence electrons. The van der Waals surface area contributed by atoms with Gasteiger partial charge in [-0.05, 0) is 123 Å². The van der Waals surface area contributed by atoms with Crippen LogP contribution in [0.3, 0.4) is 0 Å². The summed E-state index contributed by atoms with van der Waals surface area (Å²) in [7, 11) is 0. The maximum absolute atomic E-state index is 6.43. The Morgan fingerprint density at radius 3 is 1.35 bits per heavy atom. The van der Waals surface area contributed by atoms with E-state index in [1.54, 1.807) is 0 Å². The number of benzene rings is 4. The van der Waals surface area contributed by atoms with E-state index in [0.29, 0.717) is 23.7 Å². The van der Waals surface area contributed by atoms with Gasteiger partial charge in [-0.3, -0.25) is 25.3 Å². The van der Waals surface area contributed by atoms with Crippen molar-refractivity contribution in [1.29, 1.82) is 0 Å². The van der Waals surface area contributed by atoms with E-state index in [0.717, 1.165) is 66.3 Å². The molecule has 0 N–H and O–H groups in total. The van der Waals surface area contributed by atoms with Crippen LogP contribution in [0.2, 0.25) is 0 Å². The summed E-state index contributed by atoms with van der Waals surface area (Å²) in [5.41, 5.74) is 16.4. The minimum Gasteiger partial charge on any atom is -0.358 e. The normalized spacial score (nSPS) is 10.1. The van der Waals surface area contributed by atoms with Gasteiger partial charge in [-0.25, -0.2) is 10.9 Å². The minimum absolute atomic E-state index is 0. The van der Waals surface area contributed by atoms with Gasteiger partial charge in [-0.1, -0.05) is 127 Å². The van der Waals surface area contributed by atoms with Crippen LogP contribution in [-0.2, 0) is 40.2 Å². The zero-order valence-electron chi connectivity index (χ0n) is 42.4. The summed E-state index contributed by atoms with van der Waals surface area (Å²) in [4.78, 5) is 19.2. The van der Waals surface area contributed by atoms with Gasteiger partial charge in [0.2, 0.25) is 0 Å². The molecule has 74 heavy (non-hydrogen) atoms. The number of rotatable bonds is 6. The Labute approximate surface area is 462 Å². The predicted octanol–water partition coefficient (Wildman–Crippen LogP) is 13.9. The van der Waals surface area contributed by atoms with Crippen molar-refractivity contribution < 1.29 is 40.2 Å². The molecule has 0 saturated carbocycles. The van der Waals surface area contributed by atoms with E-state index in [4.69, 9.17) is 32.8 Å². The first-order chi connectivity index (χ1) is 35.1. The molecule has 6 nitrogen and oxygen atoms in total. The second-order valence-corrected chi connectivity index (χ2v) is 18.1. The average molecular weight is 1310 g/mol. The van der Waals surface area contributed by atoms with Crippen LogP contribution in [0, 0.1) is 90.0 Å². The van der Waals surface area contributed by atoms with Crippen molar-refractivity contribution in [2.75, 3.05) is 0 Å². The van der Waals surface area contributed by atoms with E-state index in [-0.39, 0.29) is 40.2 Å². The molecule has 8 heteroatoms. The van der Waals surface area contributed by atoms with Gasteiger partial charge in [-0.15, -0.1) is 36.6 Å². The molecule has 4 aromatic carbocycles. The Bertz CT molecular complexity index is 3820. The largest absolute Gasteiger partial charge is 0.358 e. The summed E-state index contributed by atoms with van der Waals surface area (Å²) < 4.78 is 4.58. The maximum atomic E-state index is 6.43. The molecule has 10 aromatic rings. The van der Waals surface area contributed by atoms with Crippen molar-refractivity contribution in [3.05, 3.63) is 163 Å². The van der Waals surface area contributed by atoms with Crippen molar-refractivity contribution in [2.24, 2.45) is 0 Å². The molecule has 10 rings (SSSR count). The van der Waals surface area contributed by atoms with Gasteiger partial charge in [0, 0.05) is 80.7 Å². The summed E-state index contributed by atoms with van der Waals surface area (Å²) >= 11 is 0. The molecule has 6 aromatic heterocycles. The van der Waals surface area contributed by atoms with Crippen LogP contribution in [0.5, 0.6) is 0 Å². The molecule has 0 aliphatic rings. The third-order valence-corrected chi connectivity index (χ3v) is 12.3. The van der Waals surface area contributed by atoms with Crippen molar-refractivity contribution in [2.45, 2.75) is 79.1 Å². The maximum Gasteiger partial charge on any atom is 0.145 e. The molecule has 0 unspecified atom stereocenters. The molecule has 0 aliphatic carbocycles. The fourth-order valence-electron chi connectivity index (χ4n) is 9.19. The van der Waals surface area contributed by atoms with Crippen LogP contribution in [0.1, 0.15) is 101 Å². The molecule has 0 atom stereocenters. The fraction of sp³-hybridized carbons (Fsp3) is 0.182. The Balaban J connectivity index is 0.000000190. The Morgan fingerprint density at radius 2 is 0.878 bits per heavy atom. The average Bonchev–Trinajstić information content (AvgIpc) is 4.06. The van der Waals surface area contributed by atoms with E-state index >= 15 is 0 Å². The van der Waals surface area contributed by atoms with Gasteiger partial charge in [0.05, 0.1) is 45.3 Å². The van der Waals surface area contributed by atoms with Crippen molar-refractivity contribution in [1.82, 2.24) is 28.7 Å². The molecule has 0 spiro atoms. The number of pyridine rings is 4. The topological polar surface area (TPSA) is 60.4 Å². The number of aromatic nitrogens is 6. The minimum atomic E-state index is 0. The Kier molecular flexibility index (Phi) is 19.0. The zero-order valence-corrected chi connectivity index (χ0v) is 47.2. The van der Waals surface area contributed by atoms with Crippen molar-refractivity contribution in [3.8, 4) is 100.0 Å². The zero-order chi connectivity index (χ0) is 50.7. The quantitative estimate of drug-likeness (QED) is 0.0946. The standard InChI is InChI=1S/C26H25N3.C26H24N3.C14H.2Ir/c2*1-16(2)18-11-7-12-19(17(3)4)24(18)23-15-28-26-21-10-6-5-9-20(21)25-22(29(23)26)13-8-14-27-25;1-3-5-7-9-11-13-14-12-10-8-6-4-2;;/h5-17H,1-4H3;5-9,11-17H,1-4H3;1H;;/q;2*-1;;. The van der Waals surface area contributed by atoms with Gasteiger partial charge in [0.1, 0.15) is 5.65 Å². The fourth-order valence-corrected chi connectivity index (χ4v) is 9.19. The van der Waals surface area contributed by atoms with E-state index in [1.165, 1.54) is 33.4 Å². The number of fused-ring (bicyclic) bond motifs is 12. The number of terminal acetylenes is 1. The first-order valence-electron chi connectivity index (χ1n) is 23.9. The third kappa shape index (κ3) is 11.4. The molecule has 0 saturated heterocycles. The number of imidazole rings is 2. The smallest absolute Gasteiger partial charge is 0.145 e. The molecule has 0 fully saturated rings. The van der Waals surface area contributed by atoms with Gasteiger partial charge in [-0.2, -0.15) is 0 Å². The predicted molar refractivity (Wildman–Crippen MR) is 297 cm³/mol. The van der Waals surface area contributed by atoms with E-state index in [2.05, 4.69) is 214 Å². The van der Waals surface area contributed by atoms with Crippen LogP contribution >= 0.6 is 0 Å². The number of hydrogen-bond acceptors (Lipinski definition) is 4. The van der Waals surface area contributed by atoms with E-state index < -0.39 is 0 Å². The van der Waals surface area contributed by atoms with Crippen LogP contribution in [-0.4, -0.2) is 28.7 Å². The summed E-state index contributed by atoms with van der Waals surface area (Å²) in [5, 5.41) is 4.39.